The van der Waals surface area contributed by atoms with E-state index < -0.39 is 0 Å². The van der Waals surface area contributed by atoms with Crippen molar-refractivity contribution in [2.24, 2.45) is 0 Å². The van der Waals surface area contributed by atoms with Crippen LogP contribution in [0.2, 0.25) is 0 Å². The van der Waals surface area contributed by atoms with Crippen LogP contribution in [-0.2, 0) is 19.6 Å². The normalized spacial score (nSPS) is 14.6. The fraction of sp³-hybridized carbons (Fsp3) is 0.242. The maximum atomic E-state index is 6.16. The van der Waals surface area contributed by atoms with Crippen LogP contribution in [0.25, 0.3) is 6.08 Å². The van der Waals surface area contributed by atoms with Gasteiger partial charge < -0.3 is 24.3 Å². The molecule has 3 aromatic carbocycles. The first-order valence-electron chi connectivity index (χ1n) is 13.1. The van der Waals surface area contributed by atoms with E-state index in [0.717, 1.165) is 46.7 Å². The van der Waals surface area contributed by atoms with Gasteiger partial charge in [0.05, 0.1) is 20.3 Å². The molecule has 2 heterocycles. The molecule has 1 aromatic heterocycles. The lowest BCUT2D eigenvalue weighted by molar-refractivity contribution is 0.283. The molecule has 1 N–H and O–H groups in total. The van der Waals surface area contributed by atoms with Gasteiger partial charge in [0, 0.05) is 18.9 Å². The average molecular weight is 523 g/mol. The van der Waals surface area contributed by atoms with E-state index >= 15 is 0 Å². The number of methoxy groups -OCH3 is 2. The number of aromatic nitrogens is 1. The molecule has 1 atom stereocenters. The summed E-state index contributed by atoms with van der Waals surface area (Å²) in [5, 5.41) is 3.63. The van der Waals surface area contributed by atoms with Gasteiger partial charge in [0.2, 0.25) is 0 Å². The van der Waals surface area contributed by atoms with Crippen molar-refractivity contribution in [1.82, 2.24) is 10.3 Å². The summed E-state index contributed by atoms with van der Waals surface area (Å²) >= 11 is 0. The molecule has 0 amide bonds. The number of hydrogen-bond acceptors (Lipinski definition) is 6. The molecular weight excluding hydrogens is 488 g/mol. The highest BCUT2D eigenvalue weighted by Gasteiger charge is 2.21. The molecule has 1 aliphatic rings. The van der Waals surface area contributed by atoms with Crippen LogP contribution < -0.4 is 24.3 Å². The SMILES string of the molecule is COc1cc(C)c(/C=C/C2NCCc3cc(OCc4ccccc4)c(OC)cc32)cc1OCc1ccncc1. The minimum Gasteiger partial charge on any atom is -0.493 e. The Kier molecular flexibility index (Phi) is 8.44. The smallest absolute Gasteiger partial charge is 0.162 e. The van der Waals surface area contributed by atoms with E-state index in [4.69, 9.17) is 18.9 Å². The second-order valence-corrected chi connectivity index (χ2v) is 9.52. The highest BCUT2D eigenvalue weighted by molar-refractivity contribution is 5.61. The zero-order valence-electron chi connectivity index (χ0n) is 22.6. The number of nitrogens with zero attached hydrogens (tertiary/aromatic N) is 1. The molecule has 200 valence electrons. The molecule has 0 spiro atoms. The summed E-state index contributed by atoms with van der Waals surface area (Å²) in [5.41, 5.74) is 6.82. The predicted molar refractivity (Wildman–Crippen MR) is 154 cm³/mol. The van der Waals surface area contributed by atoms with E-state index in [0.29, 0.717) is 24.7 Å². The van der Waals surface area contributed by atoms with Crippen LogP contribution in [0.15, 0.2) is 85.2 Å². The molecule has 0 radical (unpaired) electrons. The van der Waals surface area contributed by atoms with Gasteiger partial charge in [-0.3, -0.25) is 4.98 Å². The molecule has 4 aromatic rings. The van der Waals surface area contributed by atoms with E-state index in [1.807, 2.05) is 42.5 Å². The number of pyridine rings is 1. The van der Waals surface area contributed by atoms with E-state index in [2.05, 4.69) is 53.6 Å². The maximum absolute atomic E-state index is 6.16. The summed E-state index contributed by atoms with van der Waals surface area (Å²) in [6.07, 6.45) is 8.81. The topological polar surface area (TPSA) is 61.8 Å². The van der Waals surface area contributed by atoms with E-state index in [1.165, 1.54) is 11.1 Å². The standard InChI is InChI=1S/C33H34N2O4/c1-23-17-30(36-2)32(39-22-25-11-14-34-15-12-25)18-26(23)9-10-29-28-20-31(37-3)33(19-27(28)13-16-35-29)38-21-24-7-5-4-6-8-24/h4-12,14-15,17-20,29,35H,13,16,21-22H2,1-3H3/b10-9+. The zero-order valence-corrected chi connectivity index (χ0v) is 22.6. The Morgan fingerprint density at radius 1 is 0.821 bits per heavy atom. The van der Waals surface area contributed by atoms with Crippen LogP contribution in [0.4, 0.5) is 0 Å². The molecule has 6 nitrogen and oxygen atoms in total. The van der Waals surface area contributed by atoms with Crippen molar-refractivity contribution in [3.63, 3.8) is 0 Å². The second kappa shape index (κ2) is 12.5. The van der Waals surface area contributed by atoms with Gasteiger partial charge in [-0.2, -0.15) is 0 Å². The fourth-order valence-corrected chi connectivity index (χ4v) is 4.74. The number of nitrogens with one attached hydrogen (secondary N) is 1. The van der Waals surface area contributed by atoms with Crippen molar-refractivity contribution in [3.8, 4) is 23.0 Å². The Morgan fingerprint density at radius 3 is 2.21 bits per heavy atom. The number of aryl methyl sites for hydroxylation is 1. The van der Waals surface area contributed by atoms with Gasteiger partial charge in [0.15, 0.2) is 23.0 Å². The Labute approximate surface area is 230 Å². The Morgan fingerprint density at radius 2 is 1.49 bits per heavy atom. The molecule has 0 saturated carbocycles. The first-order valence-corrected chi connectivity index (χ1v) is 13.1. The van der Waals surface area contributed by atoms with Crippen molar-refractivity contribution in [3.05, 3.63) is 119 Å². The van der Waals surface area contributed by atoms with Crippen LogP contribution in [0, 0.1) is 6.92 Å². The van der Waals surface area contributed by atoms with Crippen LogP contribution in [0.1, 0.15) is 39.4 Å². The van der Waals surface area contributed by atoms with E-state index in [-0.39, 0.29) is 6.04 Å². The monoisotopic (exact) mass is 522 g/mol. The molecule has 0 fully saturated rings. The molecule has 1 unspecified atom stereocenters. The Bertz CT molecular complexity index is 1420. The first-order chi connectivity index (χ1) is 19.1. The summed E-state index contributed by atoms with van der Waals surface area (Å²) in [6.45, 7) is 3.90. The van der Waals surface area contributed by atoms with Gasteiger partial charge in [-0.25, -0.2) is 0 Å². The summed E-state index contributed by atoms with van der Waals surface area (Å²) in [5.74, 6) is 2.93. The van der Waals surface area contributed by atoms with Crippen molar-refractivity contribution < 1.29 is 18.9 Å². The molecule has 0 bridgehead atoms. The van der Waals surface area contributed by atoms with Gasteiger partial charge in [-0.05, 0) is 83.1 Å². The molecular formula is C33H34N2O4. The molecule has 5 rings (SSSR count). The van der Waals surface area contributed by atoms with Crippen LogP contribution in [0.5, 0.6) is 23.0 Å². The summed E-state index contributed by atoms with van der Waals surface area (Å²) in [7, 11) is 3.35. The largest absolute Gasteiger partial charge is 0.493 e. The zero-order chi connectivity index (χ0) is 27.0. The summed E-state index contributed by atoms with van der Waals surface area (Å²) in [4.78, 5) is 4.07. The highest BCUT2D eigenvalue weighted by atomic mass is 16.5. The minimum atomic E-state index is 0.0495. The number of benzene rings is 3. The molecule has 0 aliphatic carbocycles. The molecule has 6 heteroatoms. The number of ether oxygens (including phenoxy) is 4. The number of fused-ring (bicyclic) bond motifs is 1. The van der Waals surface area contributed by atoms with Gasteiger partial charge >= 0.3 is 0 Å². The first kappa shape index (κ1) is 26.3. The Hall–Kier alpha value is -4.29. The quantitative estimate of drug-likeness (QED) is 0.258. The minimum absolute atomic E-state index is 0.0495. The second-order valence-electron chi connectivity index (χ2n) is 9.52. The van der Waals surface area contributed by atoms with Gasteiger partial charge in [0.25, 0.3) is 0 Å². The fourth-order valence-electron chi connectivity index (χ4n) is 4.74. The Balaban J connectivity index is 1.36. The lowest BCUT2D eigenvalue weighted by Crippen LogP contribution is -2.28. The molecule has 1 aliphatic heterocycles. The van der Waals surface area contributed by atoms with Gasteiger partial charge in [-0.1, -0.05) is 42.5 Å². The maximum Gasteiger partial charge on any atom is 0.162 e. The van der Waals surface area contributed by atoms with Crippen LogP contribution >= 0.6 is 0 Å². The number of rotatable bonds is 10. The summed E-state index contributed by atoms with van der Waals surface area (Å²) < 4.78 is 23.6. The number of hydrogen-bond donors (Lipinski definition) is 1. The van der Waals surface area contributed by atoms with E-state index in [1.54, 1.807) is 26.6 Å². The molecule has 39 heavy (non-hydrogen) atoms. The molecule has 0 saturated heterocycles. The third kappa shape index (κ3) is 6.41. The average Bonchev–Trinajstić information content (AvgIpc) is 2.99. The van der Waals surface area contributed by atoms with Crippen LogP contribution in [0.3, 0.4) is 0 Å². The highest BCUT2D eigenvalue weighted by Crippen LogP contribution is 2.37. The lowest BCUT2D eigenvalue weighted by Gasteiger charge is -2.26. The van der Waals surface area contributed by atoms with Crippen LogP contribution in [-0.4, -0.2) is 25.7 Å². The predicted octanol–water partition coefficient (Wildman–Crippen LogP) is 6.47. The lowest BCUT2D eigenvalue weighted by atomic mass is 9.92. The van der Waals surface area contributed by atoms with Crippen molar-refractivity contribution in [2.45, 2.75) is 32.6 Å². The van der Waals surface area contributed by atoms with Crippen molar-refractivity contribution in [2.75, 3.05) is 20.8 Å². The summed E-state index contributed by atoms with van der Waals surface area (Å²) in [6, 6.07) is 22.4. The third-order valence-corrected chi connectivity index (χ3v) is 6.92. The third-order valence-electron chi connectivity index (χ3n) is 6.92. The van der Waals surface area contributed by atoms with E-state index in [9.17, 15) is 0 Å². The van der Waals surface area contributed by atoms with Gasteiger partial charge in [-0.15, -0.1) is 0 Å². The van der Waals surface area contributed by atoms with Gasteiger partial charge in [0.1, 0.15) is 13.2 Å². The van der Waals surface area contributed by atoms with Crippen molar-refractivity contribution >= 4 is 6.08 Å². The van der Waals surface area contributed by atoms with Crippen molar-refractivity contribution in [1.29, 1.82) is 0 Å².